The van der Waals surface area contributed by atoms with Crippen molar-refractivity contribution in [3.8, 4) is 11.5 Å². The van der Waals surface area contributed by atoms with Gasteiger partial charge in [0.1, 0.15) is 23.4 Å². The van der Waals surface area contributed by atoms with Gasteiger partial charge in [0.15, 0.2) is 5.82 Å². The zero-order chi connectivity index (χ0) is 28.0. The van der Waals surface area contributed by atoms with Crippen molar-refractivity contribution < 1.29 is 9.53 Å². The van der Waals surface area contributed by atoms with Crippen LogP contribution in [0.5, 0.6) is 0 Å². The number of nitrogens with zero attached hydrogens (tertiary/aromatic N) is 6. The fourth-order valence-electron chi connectivity index (χ4n) is 4.76. The first-order valence-electron chi connectivity index (χ1n) is 13.7. The molecule has 2 saturated heterocycles. The van der Waals surface area contributed by atoms with Gasteiger partial charge in [-0.25, -0.2) is 19.9 Å². The second kappa shape index (κ2) is 12.2. The Kier molecular flexibility index (Phi) is 7.92. The molecule has 0 amide bonds. The Morgan fingerprint density at radius 1 is 0.927 bits per heavy atom. The Bertz CT molecular complexity index is 1500. The van der Waals surface area contributed by atoms with Crippen molar-refractivity contribution >= 4 is 34.9 Å². The van der Waals surface area contributed by atoms with E-state index in [1.807, 2.05) is 49.4 Å². The SMILES string of the molecule is Cc1cccc(-c2nccc(Nc3ccnc(Nc4ccc(N5CCNCC5CC(=O)OC5CNC5)cc4)n3)n2)n1. The van der Waals surface area contributed by atoms with Crippen molar-refractivity contribution in [1.29, 1.82) is 0 Å². The number of aromatic nitrogens is 5. The van der Waals surface area contributed by atoms with Crippen molar-refractivity contribution in [1.82, 2.24) is 35.6 Å². The smallest absolute Gasteiger partial charge is 0.308 e. The lowest BCUT2D eigenvalue weighted by atomic mass is 10.1. The first kappa shape index (κ1) is 26.5. The summed E-state index contributed by atoms with van der Waals surface area (Å²) in [6.07, 6.45) is 3.73. The number of rotatable bonds is 9. The normalized spacial score (nSPS) is 17.0. The Morgan fingerprint density at radius 2 is 1.73 bits per heavy atom. The molecule has 0 aliphatic carbocycles. The standard InChI is InChI=1S/C29H32N10O2/c1-19-3-2-4-24(34-19)28-32-11-9-25(37-28)36-26-10-12-33-29(38-26)35-20-5-7-21(8-6-20)39-14-13-30-16-22(39)15-27(40)41-23-17-31-18-23/h2-12,22-23,30-31H,13-18H2,1H3,(H2,32,33,35,36,37,38). The monoisotopic (exact) mass is 552 g/mol. The van der Waals surface area contributed by atoms with E-state index in [4.69, 9.17) is 4.74 Å². The summed E-state index contributed by atoms with van der Waals surface area (Å²) in [4.78, 5) is 37.1. The fourth-order valence-corrected chi connectivity index (χ4v) is 4.76. The molecule has 0 bridgehead atoms. The first-order chi connectivity index (χ1) is 20.1. The molecule has 6 rings (SSSR count). The Labute approximate surface area is 238 Å². The van der Waals surface area contributed by atoms with Gasteiger partial charge in [-0.1, -0.05) is 6.07 Å². The van der Waals surface area contributed by atoms with Gasteiger partial charge in [0, 0.05) is 62.2 Å². The minimum Gasteiger partial charge on any atom is -0.460 e. The second-order valence-electron chi connectivity index (χ2n) is 10.0. The molecule has 4 N–H and O–H groups in total. The van der Waals surface area contributed by atoms with Crippen LogP contribution >= 0.6 is 0 Å². The number of nitrogens with one attached hydrogen (secondary N) is 4. The molecule has 1 aromatic carbocycles. The number of ether oxygens (including phenoxy) is 1. The van der Waals surface area contributed by atoms with Crippen LogP contribution in [0.15, 0.2) is 67.0 Å². The van der Waals surface area contributed by atoms with E-state index in [1.165, 1.54) is 0 Å². The molecule has 2 aliphatic rings. The highest BCUT2D eigenvalue weighted by atomic mass is 16.5. The number of carbonyl (C=O) groups excluding carboxylic acids is 1. The predicted octanol–water partition coefficient (Wildman–Crippen LogP) is 2.81. The maximum absolute atomic E-state index is 12.4. The van der Waals surface area contributed by atoms with Crippen molar-refractivity contribution in [2.24, 2.45) is 0 Å². The average Bonchev–Trinajstić information content (AvgIpc) is 2.96. The summed E-state index contributed by atoms with van der Waals surface area (Å²) in [5.74, 6) is 2.03. The summed E-state index contributed by atoms with van der Waals surface area (Å²) in [6.45, 7) is 5.83. The van der Waals surface area contributed by atoms with Crippen LogP contribution in [0.2, 0.25) is 0 Å². The number of anilines is 5. The van der Waals surface area contributed by atoms with Crippen molar-refractivity contribution in [2.45, 2.75) is 25.5 Å². The molecule has 0 saturated carbocycles. The lowest BCUT2D eigenvalue weighted by molar-refractivity contribution is -0.151. The van der Waals surface area contributed by atoms with Gasteiger partial charge in [-0.3, -0.25) is 4.79 Å². The molecule has 1 atom stereocenters. The summed E-state index contributed by atoms with van der Waals surface area (Å²) in [5, 5.41) is 13.0. The minimum atomic E-state index is -0.149. The van der Waals surface area contributed by atoms with E-state index in [-0.39, 0.29) is 18.1 Å². The predicted molar refractivity (Wildman–Crippen MR) is 156 cm³/mol. The number of aryl methyl sites for hydroxylation is 1. The first-order valence-corrected chi connectivity index (χ1v) is 13.7. The molecule has 12 nitrogen and oxygen atoms in total. The van der Waals surface area contributed by atoms with E-state index in [1.54, 1.807) is 24.5 Å². The molecule has 1 unspecified atom stereocenters. The zero-order valence-corrected chi connectivity index (χ0v) is 22.7. The largest absolute Gasteiger partial charge is 0.460 e. The van der Waals surface area contributed by atoms with Gasteiger partial charge < -0.3 is 30.9 Å². The van der Waals surface area contributed by atoms with Gasteiger partial charge in [-0.2, -0.15) is 4.98 Å². The average molecular weight is 553 g/mol. The topological polar surface area (TPSA) is 142 Å². The third-order valence-corrected chi connectivity index (χ3v) is 6.93. The number of esters is 1. The summed E-state index contributed by atoms with van der Waals surface area (Å²) in [5.41, 5.74) is 3.52. The molecule has 5 heterocycles. The number of carbonyl (C=O) groups is 1. The number of hydrogen-bond acceptors (Lipinski definition) is 12. The zero-order valence-electron chi connectivity index (χ0n) is 22.7. The quantitative estimate of drug-likeness (QED) is 0.227. The van der Waals surface area contributed by atoms with Gasteiger partial charge in [0.05, 0.1) is 12.5 Å². The van der Waals surface area contributed by atoms with Crippen LogP contribution in [0, 0.1) is 6.92 Å². The van der Waals surface area contributed by atoms with Crippen LogP contribution in [0.3, 0.4) is 0 Å². The number of pyridine rings is 1. The lowest BCUT2D eigenvalue weighted by Crippen LogP contribution is -2.53. The van der Waals surface area contributed by atoms with E-state index >= 15 is 0 Å². The van der Waals surface area contributed by atoms with Crippen LogP contribution in [0.25, 0.3) is 11.5 Å². The van der Waals surface area contributed by atoms with Gasteiger partial charge >= 0.3 is 5.97 Å². The summed E-state index contributed by atoms with van der Waals surface area (Å²) in [7, 11) is 0. The van der Waals surface area contributed by atoms with E-state index in [9.17, 15) is 4.79 Å². The van der Waals surface area contributed by atoms with Crippen LogP contribution in [0.4, 0.5) is 29.0 Å². The van der Waals surface area contributed by atoms with Crippen LogP contribution in [-0.2, 0) is 9.53 Å². The van der Waals surface area contributed by atoms with E-state index < -0.39 is 0 Å². The molecule has 0 spiro atoms. The maximum Gasteiger partial charge on any atom is 0.308 e. The summed E-state index contributed by atoms with van der Waals surface area (Å²) in [6, 6.07) is 17.4. The highest BCUT2D eigenvalue weighted by Gasteiger charge is 2.28. The van der Waals surface area contributed by atoms with E-state index in [0.717, 1.165) is 49.8 Å². The highest BCUT2D eigenvalue weighted by Crippen LogP contribution is 2.25. The van der Waals surface area contributed by atoms with Crippen molar-refractivity contribution in [3.05, 3.63) is 72.7 Å². The third-order valence-electron chi connectivity index (χ3n) is 6.93. The molecule has 4 aromatic rings. The number of benzene rings is 1. The summed E-state index contributed by atoms with van der Waals surface area (Å²) >= 11 is 0. The maximum atomic E-state index is 12.4. The molecular weight excluding hydrogens is 520 g/mol. The van der Waals surface area contributed by atoms with E-state index in [2.05, 4.69) is 51.1 Å². The molecule has 210 valence electrons. The van der Waals surface area contributed by atoms with Crippen molar-refractivity contribution in [2.75, 3.05) is 48.3 Å². The number of hydrogen-bond donors (Lipinski definition) is 4. The van der Waals surface area contributed by atoms with Crippen LogP contribution in [0.1, 0.15) is 12.1 Å². The minimum absolute atomic E-state index is 0.00290. The molecule has 12 heteroatoms. The van der Waals surface area contributed by atoms with Gasteiger partial charge in [-0.05, 0) is 55.5 Å². The van der Waals surface area contributed by atoms with Gasteiger partial charge in [0.25, 0.3) is 0 Å². The molecule has 41 heavy (non-hydrogen) atoms. The Balaban J connectivity index is 1.09. The molecule has 2 fully saturated rings. The van der Waals surface area contributed by atoms with Crippen LogP contribution < -0.4 is 26.2 Å². The lowest BCUT2D eigenvalue weighted by Gasteiger charge is -2.38. The molecular formula is C29H32N10O2. The second-order valence-corrected chi connectivity index (χ2v) is 10.0. The fraction of sp³-hybridized carbons (Fsp3) is 0.310. The van der Waals surface area contributed by atoms with Crippen LogP contribution in [-0.4, -0.2) is 75.8 Å². The Morgan fingerprint density at radius 3 is 2.51 bits per heavy atom. The van der Waals surface area contributed by atoms with Gasteiger partial charge in [-0.15, -0.1) is 0 Å². The van der Waals surface area contributed by atoms with E-state index in [0.29, 0.717) is 35.5 Å². The molecule has 0 radical (unpaired) electrons. The molecule has 3 aromatic heterocycles. The van der Waals surface area contributed by atoms with Crippen molar-refractivity contribution in [3.63, 3.8) is 0 Å². The third kappa shape index (κ3) is 6.73. The molecule has 2 aliphatic heterocycles. The summed E-state index contributed by atoms with van der Waals surface area (Å²) < 4.78 is 5.54. The number of piperazine rings is 1. The van der Waals surface area contributed by atoms with Gasteiger partial charge in [0.2, 0.25) is 5.95 Å². The highest BCUT2D eigenvalue weighted by molar-refractivity contribution is 5.72. The Hall–Kier alpha value is -4.68.